The van der Waals surface area contributed by atoms with Gasteiger partial charge in [0.15, 0.2) is 5.69 Å². The Bertz CT molecular complexity index is 419. The fraction of sp³-hybridized carbons (Fsp3) is 0.556. The molecule has 0 aromatic carbocycles. The van der Waals surface area contributed by atoms with Crippen LogP contribution in [0.3, 0.4) is 0 Å². The molecule has 1 unspecified atom stereocenters. The largest absolute Gasteiger partial charge is 0.394 e. The van der Waals surface area contributed by atoms with Gasteiger partial charge in [-0.2, -0.15) is 0 Å². The number of aliphatic hydroxyl groups is 2. The number of aromatic nitrogens is 2. The Morgan fingerprint density at radius 1 is 1.82 bits per heavy atom. The highest BCUT2D eigenvalue weighted by atomic mass is 16.5. The number of anilines is 1. The zero-order valence-corrected chi connectivity index (χ0v) is 9.04. The topological polar surface area (TPSA) is 123 Å². The molecule has 0 bridgehead atoms. The second kappa shape index (κ2) is 4.70. The first-order valence-electron chi connectivity index (χ1n) is 5.12. The smallest absolute Gasteiger partial charge is 0.271 e. The van der Waals surface area contributed by atoms with E-state index < -0.39 is 18.1 Å². The highest BCUT2D eigenvalue weighted by Crippen LogP contribution is 2.18. The third-order valence-corrected chi connectivity index (χ3v) is 2.59. The predicted octanol–water partition coefficient (Wildman–Crippen LogP) is -1.90. The van der Waals surface area contributed by atoms with Crippen molar-refractivity contribution < 1.29 is 19.7 Å². The number of carbonyl (C=O) groups excluding carboxylic acids is 1. The maximum Gasteiger partial charge on any atom is 0.271 e. The van der Waals surface area contributed by atoms with Crippen molar-refractivity contribution in [2.45, 2.75) is 18.9 Å². The molecule has 17 heavy (non-hydrogen) atoms. The van der Waals surface area contributed by atoms with Gasteiger partial charge in [-0.3, -0.25) is 9.36 Å². The lowest BCUT2D eigenvalue weighted by Crippen LogP contribution is -2.36. The molecule has 5 N–H and O–H groups in total. The van der Waals surface area contributed by atoms with E-state index in [1.165, 1.54) is 6.33 Å². The molecular weight excluding hydrogens is 228 g/mol. The fourth-order valence-electron chi connectivity index (χ4n) is 1.64. The summed E-state index contributed by atoms with van der Waals surface area (Å²) in [5.41, 5.74) is 5.30. The van der Waals surface area contributed by atoms with Gasteiger partial charge in [-0.15, -0.1) is 0 Å². The van der Waals surface area contributed by atoms with Crippen molar-refractivity contribution in [3.05, 3.63) is 12.0 Å². The number of imidazole rings is 1. The number of nitrogens with zero attached hydrogens (tertiary/aromatic N) is 2. The van der Waals surface area contributed by atoms with Crippen LogP contribution in [0.2, 0.25) is 0 Å². The molecule has 0 saturated carbocycles. The Morgan fingerprint density at radius 2 is 2.59 bits per heavy atom. The number of carbonyl (C=O) groups is 1. The monoisotopic (exact) mass is 242 g/mol. The summed E-state index contributed by atoms with van der Waals surface area (Å²) in [7, 11) is 0. The lowest BCUT2D eigenvalue weighted by Gasteiger charge is -2.19. The van der Waals surface area contributed by atoms with Gasteiger partial charge in [0.25, 0.3) is 5.91 Å². The van der Waals surface area contributed by atoms with Crippen LogP contribution >= 0.6 is 0 Å². The van der Waals surface area contributed by atoms with E-state index in [9.17, 15) is 9.90 Å². The van der Waals surface area contributed by atoms with E-state index >= 15 is 0 Å². The van der Waals surface area contributed by atoms with E-state index in [4.69, 9.17) is 15.6 Å². The zero-order chi connectivity index (χ0) is 12.4. The average Bonchev–Trinajstić information content (AvgIpc) is 2.61. The van der Waals surface area contributed by atoms with E-state index in [0.717, 1.165) is 0 Å². The first-order chi connectivity index (χ1) is 8.13. The molecule has 94 valence electrons. The van der Waals surface area contributed by atoms with Crippen LogP contribution in [0.5, 0.6) is 0 Å². The summed E-state index contributed by atoms with van der Waals surface area (Å²) in [4.78, 5) is 15.0. The molecule has 0 fully saturated rings. The molecule has 1 amide bonds. The summed E-state index contributed by atoms with van der Waals surface area (Å²) in [5.74, 6) is -0.169. The summed E-state index contributed by atoms with van der Waals surface area (Å²) in [6.45, 7) is 0.000199. The minimum atomic E-state index is -0.975. The van der Waals surface area contributed by atoms with Gasteiger partial charge in [0.05, 0.1) is 12.9 Å². The van der Waals surface area contributed by atoms with E-state index in [0.29, 0.717) is 5.82 Å². The van der Waals surface area contributed by atoms with Gasteiger partial charge in [-0.1, -0.05) is 0 Å². The molecule has 1 aliphatic heterocycles. The summed E-state index contributed by atoms with van der Waals surface area (Å²) in [6, 6.07) is 0. The number of fused-ring (bicyclic) bond motifs is 1. The average molecular weight is 242 g/mol. The highest BCUT2D eigenvalue weighted by Gasteiger charge is 2.25. The molecule has 2 heterocycles. The van der Waals surface area contributed by atoms with Crippen molar-refractivity contribution in [3.8, 4) is 0 Å². The number of primary amides is 1. The molecule has 1 aromatic rings. The van der Waals surface area contributed by atoms with Crippen LogP contribution in [-0.2, 0) is 11.5 Å². The van der Waals surface area contributed by atoms with Gasteiger partial charge in [-0.05, 0) is 0 Å². The summed E-state index contributed by atoms with van der Waals surface area (Å²) >= 11 is 0. The lowest BCUT2D eigenvalue weighted by molar-refractivity contribution is -0.0702. The number of aliphatic hydroxyl groups excluding tert-OH is 2. The van der Waals surface area contributed by atoms with Crippen LogP contribution in [-0.4, -0.2) is 51.0 Å². The summed E-state index contributed by atoms with van der Waals surface area (Å²) < 4.78 is 6.95. The number of hydrogen-bond acceptors (Lipinski definition) is 6. The number of hydrogen-bond donors (Lipinski definition) is 4. The van der Waals surface area contributed by atoms with Crippen LogP contribution in [0.1, 0.15) is 10.5 Å². The second-order valence-electron chi connectivity index (χ2n) is 3.74. The van der Waals surface area contributed by atoms with E-state index in [2.05, 4.69) is 10.3 Å². The van der Waals surface area contributed by atoms with E-state index in [1.54, 1.807) is 4.57 Å². The summed E-state index contributed by atoms with van der Waals surface area (Å²) in [6.07, 6.45) is -0.103. The van der Waals surface area contributed by atoms with Crippen LogP contribution in [0.15, 0.2) is 6.33 Å². The lowest BCUT2D eigenvalue weighted by atomic mass is 10.2. The Labute approximate surface area is 97.0 Å². The molecule has 0 aliphatic carbocycles. The molecule has 2 rings (SSSR count). The molecular formula is C9H14N4O4. The molecule has 0 saturated heterocycles. The Balaban J connectivity index is 2.16. The number of amides is 1. The normalized spacial score (nSPS) is 21.2. The molecule has 1 aliphatic rings. The molecule has 8 nitrogen and oxygen atoms in total. The van der Waals surface area contributed by atoms with Gasteiger partial charge < -0.3 is 26.0 Å². The Kier molecular flexibility index (Phi) is 3.27. The predicted molar refractivity (Wildman–Crippen MR) is 57.2 cm³/mol. The third kappa shape index (κ3) is 2.23. The third-order valence-electron chi connectivity index (χ3n) is 2.59. The second-order valence-corrected chi connectivity index (χ2v) is 3.74. The standard InChI is InChI=1S/C9H14N4O4/c10-8(16)7-9-11-1-6(5(15)2-14)17-4-13(9)3-12-7/h3,5-6,11,14-15H,1-2,4H2,(H2,10,16)/t5?,6-/m1/s1. The van der Waals surface area contributed by atoms with Crippen LogP contribution in [0.25, 0.3) is 0 Å². The molecule has 0 radical (unpaired) electrons. The van der Waals surface area contributed by atoms with Crippen molar-refractivity contribution >= 4 is 11.7 Å². The quantitative estimate of drug-likeness (QED) is 0.491. The molecule has 0 spiro atoms. The molecule has 1 aromatic heterocycles. The number of ether oxygens (including phenoxy) is 1. The Hall–Kier alpha value is -1.64. The minimum Gasteiger partial charge on any atom is -0.394 e. The first-order valence-corrected chi connectivity index (χ1v) is 5.12. The van der Waals surface area contributed by atoms with Crippen molar-refractivity contribution in [3.63, 3.8) is 0 Å². The number of nitrogens with two attached hydrogens (primary N) is 1. The van der Waals surface area contributed by atoms with Crippen LogP contribution in [0.4, 0.5) is 5.82 Å². The van der Waals surface area contributed by atoms with Crippen LogP contribution in [0, 0.1) is 0 Å². The SMILES string of the molecule is NC(=O)c1ncn2c1NC[C@H](C(O)CO)OC2. The fourth-order valence-corrected chi connectivity index (χ4v) is 1.64. The van der Waals surface area contributed by atoms with Crippen LogP contribution < -0.4 is 11.1 Å². The number of nitrogens with one attached hydrogen (secondary N) is 1. The van der Waals surface area contributed by atoms with E-state index in [-0.39, 0.29) is 25.6 Å². The zero-order valence-electron chi connectivity index (χ0n) is 9.04. The molecule has 2 atom stereocenters. The van der Waals surface area contributed by atoms with Gasteiger partial charge in [0.1, 0.15) is 24.8 Å². The van der Waals surface area contributed by atoms with E-state index in [1.807, 2.05) is 0 Å². The van der Waals surface area contributed by atoms with Crippen molar-refractivity contribution in [2.75, 3.05) is 18.5 Å². The first kappa shape index (κ1) is 11.8. The maximum atomic E-state index is 11.1. The summed E-state index contributed by atoms with van der Waals surface area (Å²) in [5, 5.41) is 21.2. The maximum absolute atomic E-state index is 11.1. The van der Waals surface area contributed by atoms with Crippen molar-refractivity contribution in [1.29, 1.82) is 0 Å². The number of rotatable bonds is 3. The van der Waals surface area contributed by atoms with Gasteiger partial charge >= 0.3 is 0 Å². The molecule has 8 heteroatoms. The Morgan fingerprint density at radius 3 is 3.24 bits per heavy atom. The van der Waals surface area contributed by atoms with Gasteiger partial charge in [0, 0.05) is 6.54 Å². The van der Waals surface area contributed by atoms with Gasteiger partial charge in [-0.25, -0.2) is 4.98 Å². The minimum absolute atomic E-state index is 0.129. The highest BCUT2D eigenvalue weighted by molar-refractivity contribution is 5.95. The van der Waals surface area contributed by atoms with Crippen molar-refractivity contribution in [1.82, 2.24) is 9.55 Å². The van der Waals surface area contributed by atoms with Crippen molar-refractivity contribution in [2.24, 2.45) is 5.73 Å². The van der Waals surface area contributed by atoms with Gasteiger partial charge in [0.2, 0.25) is 0 Å².